The Labute approximate surface area is 161 Å². The first-order chi connectivity index (χ1) is 13.0. The smallest absolute Gasteiger partial charge is 0.0826 e. The van der Waals surface area contributed by atoms with Gasteiger partial charge in [0.2, 0.25) is 0 Å². The van der Waals surface area contributed by atoms with Gasteiger partial charge in [-0.3, -0.25) is 10.4 Å². The van der Waals surface area contributed by atoms with Crippen molar-refractivity contribution >= 4 is 29.5 Å². The van der Waals surface area contributed by atoms with Crippen molar-refractivity contribution < 1.29 is 0 Å². The topological polar surface area (TPSA) is 86.6 Å². The second kappa shape index (κ2) is 9.48. The van der Waals surface area contributed by atoms with Crippen LogP contribution in [0.1, 0.15) is 27.8 Å². The molecule has 0 amide bonds. The van der Waals surface area contributed by atoms with Crippen molar-refractivity contribution in [3.05, 3.63) is 70.4 Å². The molecule has 0 unspecified atom stereocenters. The maximum Gasteiger partial charge on any atom is 0.0826 e. The van der Waals surface area contributed by atoms with Crippen LogP contribution in [0.3, 0.4) is 0 Å². The number of hydrogen-bond acceptors (Lipinski definition) is 5. The Kier molecular flexibility index (Phi) is 7.06. The third-order valence-corrected chi connectivity index (χ3v) is 4.48. The van der Waals surface area contributed by atoms with E-state index in [9.17, 15) is 0 Å². The molecule has 0 atom stereocenters. The number of aliphatic imine (C=N–C) groups is 1. The minimum atomic E-state index is 0.577. The van der Waals surface area contributed by atoms with Crippen molar-refractivity contribution in [1.82, 2.24) is 0 Å². The van der Waals surface area contributed by atoms with E-state index in [4.69, 9.17) is 11.1 Å². The summed E-state index contributed by atoms with van der Waals surface area (Å²) in [6, 6.07) is 10.2. The van der Waals surface area contributed by atoms with E-state index in [-0.39, 0.29) is 0 Å². The summed E-state index contributed by atoms with van der Waals surface area (Å²) in [5, 5.41) is 12.1. The normalized spacial score (nSPS) is 12.1. The first-order valence-corrected chi connectivity index (χ1v) is 8.86. The Morgan fingerprint density at radius 3 is 2.48 bits per heavy atom. The molecule has 2 rings (SSSR count). The number of anilines is 1. The number of nitrogens with one attached hydrogen (secondary N) is 2. The molecule has 140 valence electrons. The van der Waals surface area contributed by atoms with Crippen molar-refractivity contribution in [3.8, 4) is 0 Å². The average Bonchev–Trinajstić information content (AvgIpc) is 2.65. The standard InChI is InChI=1S/C22H27N5/c1-15-6-7-16(2)22(18(15)4)27-26-20(14-24)13-19-8-9-21(17(3)12-19)25-11-5-10-23/h5-12,14,24,27H,13,23H2,1-4H3/b10-5?,24-14?,25-11?,26-20+. The highest BCUT2D eigenvalue weighted by Crippen LogP contribution is 2.23. The number of rotatable bonds is 7. The van der Waals surface area contributed by atoms with E-state index in [1.165, 1.54) is 23.5 Å². The van der Waals surface area contributed by atoms with E-state index in [0.717, 1.165) is 28.1 Å². The van der Waals surface area contributed by atoms with Crippen LogP contribution in [0.4, 0.5) is 11.4 Å². The van der Waals surface area contributed by atoms with Gasteiger partial charge in [-0.25, -0.2) is 0 Å². The summed E-state index contributed by atoms with van der Waals surface area (Å²) in [5.74, 6) is 0. The number of benzene rings is 2. The van der Waals surface area contributed by atoms with Crippen LogP contribution in [0.15, 0.2) is 52.7 Å². The summed E-state index contributed by atoms with van der Waals surface area (Å²) >= 11 is 0. The molecule has 0 fully saturated rings. The Hall–Kier alpha value is -3.21. The first kappa shape index (κ1) is 20.1. The maximum atomic E-state index is 7.69. The Morgan fingerprint density at radius 1 is 1.07 bits per heavy atom. The first-order valence-electron chi connectivity index (χ1n) is 8.86. The minimum Gasteiger partial charge on any atom is -0.405 e. The zero-order valence-electron chi connectivity index (χ0n) is 16.4. The molecule has 27 heavy (non-hydrogen) atoms. The highest BCUT2D eigenvalue weighted by Gasteiger charge is 2.06. The summed E-state index contributed by atoms with van der Waals surface area (Å²) in [5.41, 5.74) is 16.7. The fourth-order valence-corrected chi connectivity index (χ4v) is 2.73. The van der Waals surface area contributed by atoms with Gasteiger partial charge in [0.1, 0.15) is 0 Å². The van der Waals surface area contributed by atoms with Gasteiger partial charge in [0.15, 0.2) is 0 Å². The highest BCUT2D eigenvalue weighted by atomic mass is 15.3. The lowest BCUT2D eigenvalue weighted by molar-refractivity contribution is 1.21. The molecule has 4 N–H and O–H groups in total. The molecule has 0 aliphatic carbocycles. The summed E-state index contributed by atoms with van der Waals surface area (Å²) in [6.07, 6.45) is 6.68. The van der Waals surface area contributed by atoms with E-state index in [1.54, 1.807) is 12.3 Å². The van der Waals surface area contributed by atoms with Crippen LogP contribution in [0.5, 0.6) is 0 Å². The summed E-state index contributed by atoms with van der Waals surface area (Å²) < 4.78 is 0. The van der Waals surface area contributed by atoms with Crippen molar-refractivity contribution in [1.29, 1.82) is 5.41 Å². The molecule has 2 aromatic rings. The maximum absolute atomic E-state index is 7.69. The molecular weight excluding hydrogens is 334 g/mol. The van der Waals surface area contributed by atoms with Gasteiger partial charge in [0.25, 0.3) is 0 Å². The number of hydrazone groups is 1. The van der Waals surface area contributed by atoms with Crippen molar-refractivity contribution in [2.45, 2.75) is 34.1 Å². The SMILES string of the molecule is Cc1cc(C/C(C=N)=N\Nc2c(C)ccc(C)c2C)ccc1N=CC=CN. The fourth-order valence-electron chi connectivity index (χ4n) is 2.73. The third-order valence-electron chi connectivity index (χ3n) is 4.48. The molecule has 5 heteroatoms. The van der Waals surface area contributed by atoms with Gasteiger partial charge in [0, 0.05) is 18.9 Å². The number of nitrogens with two attached hydrogens (primary N) is 1. The second-order valence-electron chi connectivity index (χ2n) is 6.52. The van der Waals surface area contributed by atoms with Gasteiger partial charge in [0.05, 0.1) is 17.1 Å². The van der Waals surface area contributed by atoms with Gasteiger partial charge < -0.3 is 11.1 Å². The predicted molar refractivity (Wildman–Crippen MR) is 117 cm³/mol. The highest BCUT2D eigenvalue weighted by molar-refractivity contribution is 6.30. The van der Waals surface area contributed by atoms with Gasteiger partial charge in [-0.05, 0) is 73.9 Å². The second-order valence-corrected chi connectivity index (χ2v) is 6.52. The molecule has 0 heterocycles. The van der Waals surface area contributed by atoms with E-state index < -0.39 is 0 Å². The Bertz CT molecular complexity index is 907. The molecule has 0 bridgehead atoms. The Balaban J connectivity index is 2.17. The molecule has 0 aliphatic heterocycles. The fraction of sp³-hybridized carbons (Fsp3) is 0.227. The van der Waals surface area contributed by atoms with Crippen LogP contribution in [-0.4, -0.2) is 18.1 Å². The number of aryl methyl sites for hydroxylation is 3. The minimum absolute atomic E-state index is 0.577. The Morgan fingerprint density at radius 2 is 1.81 bits per heavy atom. The van der Waals surface area contributed by atoms with E-state index in [2.05, 4.69) is 54.5 Å². The molecule has 0 aliphatic rings. The molecule has 0 radical (unpaired) electrons. The molecule has 0 saturated heterocycles. The summed E-state index contributed by atoms with van der Waals surface area (Å²) in [4.78, 5) is 4.36. The lowest BCUT2D eigenvalue weighted by Crippen LogP contribution is -2.08. The average molecular weight is 361 g/mol. The monoisotopic (exact) mass is 361 g/mol. The lowest BCUT2D eigenvalue weighted by Gasteiger charge is -2.12. The van der Waals surface area contributed by atoms with Crippen molar-refractivity contribution in [2.24, 2.45) is 15.8 Å². The van der Waals surface area contributed by atoms with E-state index >= 15 is 0 Å². The molecule has 0 saturated carbocycles. The van der Waals surface area contributed by atoms with Gasteiger partial charge in [-0.15, -0.1) is 0 Å². The van der Waals surface area contributed by atoms with Crippen LogP contribution in [-0.2, 0) is 6.42 Å². The molecule has 0 spiro atoms. The predicted octanol–water partition coefficient (Wildman–Crippen LogP) is 4.76. The van der Waals surface area contributed by atoms with Crippen molar-refractivity contribution in [2.75, 3.05) is 5.43 Å². The van der Waals surface area contributed by atoms with Crippen LogP contribution in [0, 0.1) is 33.1 Å². The van der Waals surface area contributed by atoms with E-state index in [0.29, 0.717) is 12.1 Å². The summed E-state index contributed by atoms with van der Waals surface area (Å²) in [6.45, 7) is 8.22. The number of allylic oxidation sites excluding steroid dienone is 1. The van der Waals surface area contributed by atoms with E-state index in [1.807, 2.05) is 19.1 Å². The zero-order chi connectivity index (χ0) is 19.8. The van der Waals surface area contributed by atoms with Gasteiger partial charge in [-0.2, -0.15) is 5.10 Å². The summed E-state index contributed by atoms with van der Waals surface area (Å²) in [7, 11) is 0. The van der Waals surface area contributed by atoms with Crippen molar-refractivity contribution in [3.63, 3.8) is 0 Å². The van der Waals surface area contributed by atoms with Crippen LogP contribution >= 0.6 is 0 Å². The number of nitrogens with zero attached hydrogens (tertiary/aromatic N) is 2. The van der Waals surface area contributed by atoms with Gasteiger partial charge >= 0.3 is 0 Å². The molecule has 5 nitrogen and oxygen atoms in total. The van der Waals surface area contributed by atoms with Crippen LogP contribution in [0.2, 0.25) is 0 Å². The molecule has 0 aromatic heterocycles. The largest absolute Gasteiger partial charge is 0.405 e. The lowest BCUT2D eigenvalue weighted by atomic mass is 10.0. The quantitative estimate of drug-likeness (QED) is 0.491. The molecular formula is C22H27N5. The third kappa shape index (κ3) is 5.38. The van der Waals surface area contributed by atoms with Crippen LogP contribution < -0.4 is 11.2 Å². The number of hydrogen-bond donors (Lipinski definition) is 3. The molecule has 2 aromatic carbocycles. The van der Waals surface area contributed by atoms with Gasteiger partial charge in [-0.1, -0.05) is 24.3 Å². The van der Waals surface area contributed by atoms with Crippen LogP contribution in [0.25, 0.3) is 0 Å². The zero-order valence-corrected chi connectivity index (χ0v) is 16.4.